The van der Waals surface area contributed by atoms with Gasteiger partial charge in [-0.15, -0.1) is 5.10 Å². The fourth-order valence-electron chi connectivity index (χ4n) is 5.65. The third-order valence-electron chi connectivity index (χ3n) is 7.64. The van der Waals surface area contributed by atoms with Gasteiger partial charge in [-0.3, -0.25) is 0 Å². The summed E-state index contributed by atoms with van der Waals surface area (Å²) in [5, 5.41) is 4.99. The summed E-state index contributed by atoms with van der Waals surface area (Å²) in [5.41, 5.74) is 3.52. The summed E-state index contributed by atoms with van der Waals surface area (Å²) in [7, 11) is 4.32. The summed E-state index contributed by atoms with van der Waals surface area (Å²) in [6.45, 7) is 2.90. The smallest absolute Gasteiger partial charge is 0.154 e. The van der Waals surface area contributed by atoms with Crippen molar-refractivity contribution in [3.8, 4) is 11.4 Å². The zero-order chi connectivity index (χ0) is 24.6. The maximum Gasteiger partial charge on any atom is 0.154 e. The van der Waals surface area contributed by atoms with E-state index in [4.69, 9.17) is 10.1 Å². The average Bonchev–Trinajstić information content (AvgIpc) is 3.56. The van der Waals surface area contributed by atoms with Crippen LogP contribution in [0.2, 0.25) is 0 Å². The summed E-state index contributed by atoms with van der Waals surface area (Å²) in [6, 6.07) is 17.9. The van der Waals surface area contributed by atoms with Gasteiger partial charge in [0.05, 0.1) is 17.9 Å². The van der Waals surface area contributed by atoms with E-state index in [9.17, 15) is 4.39 Å². The van der Waals surface area contributed by atoms with Gasteiger partial charge in [0.15, 0.2) is 5.65 Å². The van der Waals surface area contributed by atoms with E-state index in [1.807, 2.05) is 35.0 Å². The SMILES string of the molecule is CN(C)C1CCN(c2cccc(-c3cnc4ccc(N5CCCC5c5cccc(F)c5)nn34)n2)CC1. The van der Waals surface area contributed by atoms with Crippen molar-refractivity contribution in [1.29, 1.82) is 0 Å². The Labute approximate surface area is 211 Å². The lowest BCUT2D eigenvalue weighted by molar-refractivity contribution is 0.249. The van der Waals surface area contributed by atoms with E-state index < -0.39 is 0 Å². The van der Waals surface area contributed by atoms with Crippen molar-refractivity contribution in [3.63, 3.8) is 0 Å². The number of nitrogens with zero attached hydrogens (tertiary/aromatic N) is 7. The van der Waals surface area contributed by atoms with Crippen molar-refractivity contribution in [3.05, 3.63) is 72.2 Å². The van der Waals surface area contributed by atoms with Gasteiger partial charge in [0, 0.05) is 25.7 Å². The first-order valence-corrected chi connectivity index (χ1v) is 12.8. The Balaban J connectivity index is 1.30. The van der Waals surface area contributed by atoms with E-state index in [-0.39, 0.29) is 11.9 Å². The Hall–Kier alpha value is -3.52. The molecule has 36 heavy (non-hydrogen) atoms. The van der Waals surface area contributed by atoms with Crippen LogP contribution in [-0.2, 0) is 0 Å². The third kappa shape index (κ3) is 4.30. The number of aromatic nitrogens is 4. The highest BCUT2D eigenvalue weighted by Gasteiger charge is 2.28. The van der Waals surface area contributed by atoms with Gasteiger partial charge in [-0.2, -0.15) is 0 Å². The number of piperidine rings is 1. The molecule has 2 aliphatic rings. The highest BCUT2D eigenvalue weighted by Crippen LogP contribution is 2.36. The molecule has 2 saturated heterocycles. The molecular formula is C28H32FN7. The van der Waals surface area contributed by atoms with Crippen LogP contribution in [0.5, 0.6) is 0 Å². The molecule has 1 aromatic carbocycles. The first-order chi connectivity index (χ1) is 17.6. The monoisotopic (exact) mass is 485 g/mol. The Morgan fingerprint density at radius 3 is 2.56 bits per heavy atom. The molecule has 0 bridgehead atoms. The number of halogens is 1. The van der Waals surface area contributed by atoms with Crippen LogP contribution in [0.1, 0.15) is 37.3 Å². The van der Waals surface area contributed by atoms with Crippen molar-refractivity contribution in [2.24, 2.45) is 0 Å². The van der Waals surface area contributed by atoms with Gasteiger partial charge >= 0.3 is 0 Å². The number of pyridine rings is 1. The molecule has 4 aromatic rings. The van der Waals surface area contributed by atoms with Crippen molar-refractivity contribution >= 4 is 17.3 Å². The van der Waals surface area contributed by atoms with Crippen molar-refractivity contribution in [2.45, 2.75) is 37.8 Å². The van der Waals surface area contributed by atoms with E-state index in [0.29, 0.717) is 6.04 Å². The highest BCUT2D eigenvalue weighted by atomic mass is 19.1. The summed E-state index contributed by atoms with van der Waals surface area (Å²) >= 11 is 0. The van der Waals surface area contributed by atoms with Gasteiger partial charge in [0.25, 0.3) is 0 Å². The van der Waals surface area contributed by atoms with Crippen molar-refractivity contribution in [1.82, 2.24) is 24.5 Å². The number of imidazole rings is 1. The first-order valence-electron chi connectivity index (χ1n) is 12.8. The van der Waals surface area contributed by atoms with E-state index in [0.717, 1.165) is 79.6 Å². The molecule has 2 aliphatic heterocycles. The fraction of sp³-hybridized carbons (Fsp3) is 0.393. The van der Waals surface area contributed by atoms with Crippen LogP contribution in [0.3, 0.4) is 0 Å². The van der Waals surface area contributed by atoms with Crippen LogP contribution in [0.25, 0.3) is 17.0 Å². The second-order valence-electron chi connectivity index (χ2n) is 10.1. The molecule has 186 valence electrons. The molecule has 3 aromatic heterocycles. The minimum absolute atomic E-state index is 0.115. The molecular weight excluding hydrogens is 453 g/mol. The van der Waals surface area contributed by atoms with Crippen LogP contribution in [0, 0.1) is 5.82 Å². The van der Waals surface area contributed by atoms with Gasteiger partial charge < -0.3 is 14.7 Å². The molecule has 1 atom stereocenters. The fourth-order valence-corrected chi connectivity index (χ4v) is 5.65. The Kier molecular flexibility index (Phi) is 6.05. The zero-order valence-electron chi connectivity index (χ0n) is 20.9. The molecule has 8 heteroatoms. The molecule has 0 saturated carbocycles. The predicted octanol–water partition coefficient (Wildman–Crippen LogP) is 4.80. The van der Waals surface area contributed by atoms with Gasteiger partial charge in [-0.05, 0) is 81.7 Å². The molecule has 2 fully saturated rings. The zero-order valence-corrected chi connectivity index (χ0v) is 20.9. The minimum atomic E-state index is -0.198. The normalized spacial score (nSPS) is 19.1. The van der Waals surface area contributed by atoms with Crippen LogP contribution >= 0.6 is 0 Å². The van der Waals surface area contributed by atoms with Gasteiger partial charge in [-0.1, -0.05) is 18.2 Å². The number of fused-ring (bicyclic) bond motifs is 1. The summed E-state index contributed by atoms with van der Waals surface area (Å²) in [5.74, 6) is 1.67. The van der Waals surface area contributed by atoms with E-state index in [2.05, 4.69) is 45.9 Å². The second-order valence-corrected chi connectivity index (χ2v) is 10.1. The standard InChI is InChI=1S/C28H32FN7/c1-33(2)22-13-16-34(17-14-22)27-10-4-8-23(31-27)25-19-30-26-11-12-28(32-36(25)26)35-15-5-9-24(35)20-6-3-7-21(29)18-20/h3-4,6-8,10-12,18-19,22,24H,5,9,13-17H2,1-2H3. The number of anilines is 2. The lowest BCUT2D eigenvalue weighted by Crippen LogP contribution is -2.42. The topological polar surface area (TPSA) is 52.8 Å². The van der Waals surface area contributed by atoms with E-state index >= 15 is 0 Å². The Bertz CT molecular complexity index is 1360. The lowest BCUT2D eigenvalue weighted by atomic mass is 10.0. The number of benzene rings is 1. The molecule has 0 spiro atoms. The first kappa shape index (κ1) is 22.9. The maximum atomic E-state index is 13.9. The van der Waals surface area contributed by atoms with Crippen LogP contribution in [0.4, 0.5) is 16.0 Å². The number of hydrogen-bond donors (Lipinski definition) is 0. The van der Waals surface area contributed by atoms with Gasteiger partial charge in [0.1, 0.15) is 23.1 Å². The molecule has 0 radical (unpaired) electrons. The number of rotatable bonds is 5. The summed E-state index contributed by atoms with van der Waals surface area (Å²) in [6.07, 6.45) is 6.16. The van der Waals surface area contributed by atoms with E-state index in [1.165, 1.54) is 6.07 Å². The predicted molar refractivity (Wildman–Crippen MR) is 141 cm³/mol. The highest BCUT2D eigenvalue weighted by molar-refractivity contribution is 5.62. The average molecular weight is 486 g/mol. The van der Waals surface area contributed by atoms with E-state index in [1.54, 1.807) is 12.1 Å². The Morgan fingerprint density at radius 2 is 1.75 bits per heavy atom. The summed E-state index contributed by atoms with van der Waals surface area (Å²) < 4.78 is 15.8. The van der Waals surface area contributed by atoms with Crippen molar-refractivity contribution < 1.29 is 4.39 Å². The molecule has 1 unspecified atom stereocenters. The van der Waals surface area contributed by atoms with Crippen LogP contribution in [0.15, 0.2) is 60.8 Å². The van der Waals surface area contributed by atoms with Crippen LogP contribution in [-0.4, -0.2) is 64.3 Å². The minimum Gasteiger partial charge on any atom is -0.356 e. The van der Waals surface area contributed by atoms with Gasteiger partial charge in [-0.25, -0.2) is 18.9 Å². The maximum absolute atomic E-state index is 13.9. The van der Waals surface area contributed by atoms with Crippen molar-refractivity contribution in [2.75, 3.05) is 43.5 Å². The third-order valence-corrected chi connectivity index (χ3v) is 7.64. The molecule has 7 nitrogen and oxygen atoms in total. The Morgan fingerprint density at radius 1 is 0.917 bits per heavy atom. The largest absolute Gasteiger partial charge is 0.356 e. The van der Waals surface area contributed by atoms with Gasteiger partial charge in [0.2, 0.25) is 0 Å². The van der Waals surface area contributed by atoms with Crippen LogP contribution < -0.4 is 9.80 Å². The molecule has 6 rings (SSSR count). The summed E-state index contributed by atoms with van der Waals surface area (Å²) in [4.78, 5) is 16.6. The lowest BCUT2D eigenvalue weighted by Gasteiger charge is -2.35. The number of hydrogen-bond acceptors (Lipinski definition) is 6. The molecule has 0 aliphatic carbocycles. The molecule has 0 amide bonds. The quantitative estimate of drug-likeness (QED) is 0.405. The second kappa shape index (κ2) is 9.50. The molecule has 5 heterocycles. The molecule has 0 N–H and O–H groups in total.